The van der Waals surface area contributed by atoms with E-state index in [2.05, 4.69) is 23.7 Å². The number of carbonyl (C=O) groups excluding carboxylic acids is 1. The molecule has 0 radical (unpaired) electrons. The van der Waals surface area contributed by atoms with E-state index in [1.54, 1.807) is 0 Å². The van der Waals surface area contributed by atoms with Gasteiger partial charge in [-0.15, -0.1) is 0 Å². The maximum Gasteiger partial charge on any atom is 0.221 e. The van der Waals surface area contributed by atoms with Crippen molar-refractivity contribution in [1.82, 2.24) is 9.80 Å². The Morgan fingerprint density at radius 2 is 2.05 bits per heavy atom. The predicted octanol–water partition coefficient (Wildman–Crippen LogP) is 0.230. The summed E-state index contributed by atoms with van der Waals surface area (Å²) in [4.78, 5) is 20.0. The molecule has 116 valence electrons. The summed E-state index contributed by atoms with van der Waals surface area (Å²) in [5.74, 6) is 0.482. The number of likely N-dealkylation sites (tertiary alicyclic amines) is 1. The number of nitrogens with zero attached hydrogens (tertiary/aromatic N) is 3. The van der Waals surface area contributed by atoms with Gasteiger partial charge in [0.1, 0.15) is 0 Å². The van der Waals surface area contributed by atoms with Crippen molar-refractivity contribution in [2.75, 3.05) is 39.3 Å². The largest absolute Gasteiger partial charge is 0.370 e. The van der Waals surface area contributed by atoms with Crippen molar-refractivity contribution in [3.8, 4) is 0 Å². The van der Waals surface area contributed by atoms with E-state index in [0.29, 0.717) is 5.96 Å². The molecule has 1 unspecified atom stereocenters. The van der Waals surface area contributed by atoms with E-state index >= 15 is 0 Å². The Kier molecular flexibility index (Phi) is 7.36. The quantitative estimate of drug-likeness (QED) is 0.398. The summed E-state index contributed by atoms with van der Waals surface area (Å²) >= 11 is 0. The lowest BCUT2D eigenvalue weighted by Crippen LogP contribution is -2.41. The molecule has 1 rings (SSSR count). The van der Waals surface area contributed by atoms with Crippen LogP contribution in [0.3, 0.4) is 0 Å². The smallest absolute Gasteiger partial charge is 0.221 e. The van der Waals surface area contributed by atoms with Gasteiger partial charge in [0.15, 0.2) is 5.96 Å². The first-order valence-corrected chi connectivity index (χ1v) is 7.65. The molecule has 0 aromatic carbocycles. The highest BCUT2D eigenvalue weighted by atomic mass is 16.1. The van der Waals surface area contributed by atoms with Crippen LogP contribution in [0.1, 0.15) is 33.1 Å². The zero-order valence-corrected chi connectivity index (χ0v) is 12.8. The molecule has 1 fully saturated rings. The number of guanidine groups is 1. The van der Waals surface area contributed by atoms with Gasteiger partial charge >= 0.3 is 0 Å². The van der Waals surface area contributed by atoms with E-state index in [1.165, 1.54) is 0 Å². The highest BCUT2D eigenvalue weighted by Crippen LogP contribution is 2.15. The SMILES string of the molecule is CCN(CC)C(N)=NCCCN1CCCC(C(N)=O)C1. The van der Waals surface area contributed by atoms with Gasteiger partial charge in [0.25, 0.3) is 0 Å². The first-order valence-electron chi connectivity index (χ1n) is 7.65. The molecule has 1 aliphatic rings. The van der Waals surface area contributed by atoms with Crippen LogP contribution in [0.2, 0.25) is 0 Å². The Bertz CT molecular complexity index is 328. The van der Waals surface area contributed by atoms with Gasteiger partial charge in [-0.3, -0.25) is 9.79 Å². The number of piperidine rings is 1. The standard InChI is InChI=1S/C14H29N5O/c1-3-19(4-2)14(16)17-8-6-10-18-9-5-7-12(11-18)13(15)20/h12H,3-11H2,1-2H3,(H2,15,20)(H2,16,17). The van der Waals surface area contributed by atoms with E-state index in [4.69, 9.17) is 11.5 Å². The van der Waals surface area contributed by atoms with E-state index in [0.717, 1.165) is 58.5 Å². The Balaban J connectivity index is 2.27. The third-order valence-electron chi connectivity index (χ3n) is 3.90. The second-order valence-corrected chi connectivity index (χ2v) is 5.31. The van der Waals surface area contributed by atoms with Crippen LogP contribution in [-0.2, 0) is 4.79 Å². The van der Waals surface area contributed by atoms with Crippen LogP contribution in [0.25, 0.3) is 0 Å². The van der Waals surface area contributed by atoms with Crippen LogP contribution in [0.4, 0.5) is 0 Å². The molecule has 6 heteroatoms. The van der Waals surface area contributed by atoms with Gasteiger partial charge in [-0.1, -0.05) is 0 Å². The summed E-state index contributed by atoms with van der Waals surface area (Å²) < 4.78 is 0. The molecule has 0 spiro atoms. The molecule has 0 aromatic rings. The van der Waals surface area contributed by atoms with Gasteiger partial charge in [-0.05, 0) is 46.2 Å². The van der Waals surface area contributed by atoms with Crippen LogP contribution in [0.5, 0.6) is 0 Å². The molecule has 20 heavy (non-hydrogen) atoms. The number of carbonyl (C=O) groups is 1. The minimum atomic E-state index is -0.168. The number of hydrogen-bond acceptors (Lipinski definition) is 3. The minimum Gasteiger partial charge on any atom is -0.370 e. The number of nitrogens with two attached hydrogens (primary N) is 2. The lowest BCUT2D eigenvalue weighted by Gasteiger charge is -2.30. The van der Waals surface area contributed by atoms with Crippen molar-refractivity contribution in [1.29, 1.82) is 0 Å². The van der Waals surface area contributed by atoms with Crippen molar-refractivity contribution in [3.63, 3.8) is 0 Å². The van der Waals surface area contributed by atoms with Crippen LogP contribution in [-0.4, -0.2) is 60.9 Å². The number of primary amides is 1. The number of hydrogen-bond donors (Lipinski definition) is 2. The molecule has 0 saturated carbocycles. The number of amides is 1. The summed E-state index contributed by atoms with van der Waals surface area (Å²) in [6.07, 6.45) is 2.95. The maximum atomic E-state index is 11.2. The molecule has 6 nitrogen and oxygen atoms in total. The molecule has 0 bridgehead atoms. The zero-order chi connectivity index (χ0) is 15.0. The van der Waals surface area contributed by atoms with Crippen LogP contribution in [0, 0.1) is 5.92 Å². The Labute approximate surface area is 122 Å². The van der Waals surface area contributed by atoms with Crippen molar-refractivity contribution >= 4 is 11.9 Å². The zero-order valence-electron chi connectivity index (χ0n) is 12.8. The van der Waals surface area contributed by atoms with Crippen molar-refractivity contribution in [2.24, 2.45) is 22.4 Å². The van der Waals surface area contributed by atoms with Crippen molar-refractivity contribution in [3.05, 3.63) is 0 Å². The second-order valence-electron chi connectivity index (χ2n) is 5.31. The predicted molar refractivity (Wildman–Crippen MR) is 82.4 cm³/mol. The summed E-state index contributed by atoms with van der Waals surface area (Å²) in [6, 6.07) is 0. The first-order chi connectivity index (χ1) is 9.58. The topological polar surface area (TPSA) is 87.9 Å². The monoisotopic (exact) mass is 283 g/mol. The molecule has 0 aromatic heterocycles. The highest BCUT2D eigenvalue weighted by Gasteiger charge is 2.23. The fraction of sp³-hybridized carbons (Fsp3) is 0.857. The highest BCUT2D eigenvalue weighted by molar-refractivity contribution is 5.78. The molecule has 1 amide bonds. The van der Waals surface area contributed by atoms with Gasteiger partial charge in [0.05, 0.1) is 5.92 Å². The van der Waals surface area contributed by atoms with Gasteiger partial charge < -0.3 is 21.3 Å². The number of rotatable bonds is 7. The van der Waals surface area contributed by atoms with E-state index in [1.807, 2.05) is 4.90 Å². The summed E-state index contributed by atoms with van der Waals surface area (Å²) in [5, 5.41) is 0. The summed E-state index contributed by atoms with van der Waals surface area (Å²) in [7, 11) is 0. The third-order valence-corrected chi connectivity index (χ3v) is 3.90. The van der Waals surface area contributed by atoms with Crippen LogP contribution in [0.15, 0.2) is 4.99 Å². The van der Waals surface area contributed by atoms with E-state index < -0.39 is 0 Å². The normalized spacial score (nSPS) is 20.9. The average Bonchev–Trinajstić information content (AvgIpc) is 2.45. The van der Waals surface area contributed by atoms with Crippen molar-refractivity contribution < 1.29 is 4.79 Å². The summed E-state index contributed by atoms with van der Waals surface area (Å²) in [5.41, 5.74) is 11.3. The van der Waals surface area contributed by atoms with Gasteiger partial charge in [0.2, 0.25) is 5.91 Å². The summed E-state index contributed by atoms with van der Waals surface area (Å²) in [6.45, 7) is 9.46. The van der Waals surface area contributed by atoms with E-state index in [-0.39, 0.29) is 11.8 Å². The second kappa shape index (κ2) is 8.79. The van der Waals surface area contributed by atoms with Crippen LogP contribution >= 0.6 is 0 Å². The van der Waals surface area contributed by atoms with E-state index in [9.17, 15) is 4.79 Å². The lowest BCUT2D eigenvalue weighted by molar-refractivity contribution is -0.123. The van der Waals surface area contributed by atoms with Gasteiger partial charge in [0, 0.05) is 26.2 Å². The van der Waals surface area contributed by atoms with Gasteiger partial charge in [-0.2, -0.15) is 0 Å². The lowest BCUT2D eigenvalue weighted by atomic mass is 9.97. The van der Waals surface area contributed by atoms with Crippen LogP contribution < -0.4 is 11.5 Å². The number of aliphatic imine (C=N–C) groups is 1. The third kappa shape index (κ3) is 5.36. The Morgan fingerprint density at radius 1 is 1.35 bits per heavy atom. The molecule has 1 aliphatic heterocycles. The molecular formula is C14H29N5O. The molecule has 0 aliphatic carbocycles. The first kappa shape index (κ1) is 16.8. The maximum absolute atomic E-state index is 11.2. The van der Waals surface area contributed by atoms with Crippen molar-refractivity contribution in [2.45, 2.75) is 33.1 Å². The molecule has 1 heterocycles. The Morgan fingerprint density at radius 3 is 2.65 bits per heavy atom. The fourth-order valence-corrected chi connectivity index (χ4v) is 2.63. The fourth-order valence-electron chi connectivity index (χ4n) is 2.63. The average molecular weight is 283 g/mol. The molecule has 1 saturated heterocycles. The minimum absolute atomic E-state index is 0.0213. The van der Waals surface area contributed by atoms with Gasteiger partial charge in [-0.25, -0.2) is 0 Å². The molecule has 1 atom stereocenters. The Hall–Kier alpha value is -1.30. The molecule has 4 N–H and O–H groups in total. The molecular weight excluding hydrogens is 254 g/mol.